The molecule has 1 radical (unpaired) electrons. The van der Waals surface area contributed by atoms with Gasteiger partial charge >= 0.3 is 99.8 Å². The normalized spacial score (nSPS) is 11.0. The molecule has 5 heteroatoms. The standard InChI is InChI=1S/C23H14NS.C14H16GeN.Ir/c1-2-7-16(8-3-1)17-12-13-22-20(15-17)18-9-6-10-19(23(18)25-22)21-11-4-5-14-24-21;1-15(2,3)13-9-10-14(16-11-13)12-7-5-4-6-8-12;/h1-9,11-15H;4-7,9-11H,1-3H3;/q2*-1;. The molecule has 0 unspecified atom stereocenters. The fourth-order valence-electron chi connectivity index (χ4n) is 4.80. The van der Waals surface area contributed by atoms with Gasteiger partial charge in [0.15, 0.2) is 0 Å². The Hall–Kier alpha value is -3.41. The number of benzene rings is 4. The van der Waals surface area contributed by atoms with Gasteiger partial charge in [0, 0.05) is 31.0 Å². The number of aromatic nitrogens is 2. The van der Waals surface area contributed by atoms with E-state index >= 15 is 0 Å². The van der Waals surface area contributed by atoms with Crippen molar-refractivity contribution in [2.24, 2.45) is 0 Å². The molecule has 0 saturated carbocycles. The monoisotopic (exact) mass is 801 g/mol. The Balaban J connectivity index is 0.000000181. The van der Waals surface area contributed by atoms with Gasteiger partial charge in [0.1, 0.15) is 0 Å². The molecule has 0 spiro atoms. The van der Waals surface area contributed by atoms with Crippen LogP contribution >= 0.6 is 11.3 Å². The number of rotatable bonds is 4. The van der Waals surface area contributed by atoms with E-state index in [1.54, 1.807) is 0 Å². The number of nitrogens with zero attached hydrogens (tertiary/aromatic N) is 2. The Morgan fingerprint density at radius 1 is 0.643 bits per heavy atom. The Morgan fingerprint density at radius 2 is 1.45 bits per heavy atom. The van der Waals surface area contributed by atoms with Crippen molar-refractivity contribution in [3.05, 3.63) is 140 Å². The molecule has 4 aromatic carbocycles. The minimum atomic E-state index is -1.72. The zero-order valence-electron chi connectivity index (χ0n) is 23.8. The van der Waals surface area contributed by atoms with Crippen molar-refractivity contribution in [3.8, 4) is 33.6 Å². The second-order valence-corrected chi connectivity index (χ2v) is 22.7. The van der Waals surface area contributed by atoms with Crippen LogP contribution in [0.3, 0.4) is 0 Å². The molecular formula is C37H30GeIrN2S-2. The number of hydrogen-bond donors (Lipinski definition) is 0. The van der Waals surface area contributed by atoms with Crippen LogP contribution in [-0.2, 0) is 20.1 Å². The fraction of sp³-hybridized carbons (Fsp3) is 0.0811. The average Bonchev–Trinajstić information content (AvgIpc) is 3.40. The molecule has 0 aliphatic heterocycles. The fourth-order valence-corrected chi connectivity index (χ4v) is 8.16. The van der Waals surface area contributed by atoms with Crippen LogP contribution in [0.15, 0.2) is 128 Å². The summed E-state index contributed by atoms with van der Waals surface area (Å²) >= 11 is 0.0999. The van der Waals surface area contributed by atoms with E-state index in [0.717, 1.165) is 22.5 Å². The molecule has 0 aliphatic carbocycles. The molecule has 7 rings (SSSR count). The number of fused-ring (bicyclic) bond motifs is 3. The van der Waals surface area contributed by atoms with Crippen molar-refractivity contribution in [1.29, 1.82) is 0 Å². The van der Waals surface area contributed by atoms with Crippen LogP contribution in [0.2, 0.25) is 17.3 Å². The predicted molar refractivity (Wildman–Crippen MR) is 178 cm³/mol. The van der Waals surface area contributed by atoms with E-state index in [1.165, 1.54) is 35.7 Å². The minimum Gasteiger partial charge on any atom is -0.305 e. The summed E-state index contributed by atoms with van der Waals surface area (Å²) in [6.45, 7) is 0. The molecular weight excluding hydrogens is 769 g/mol. The second-order valence-electron chi connectivity index (χ2n) is 10.9. The Kier molecular flexibility index (Phi) is 9.50. The van der Waals surface area contributed by atoms with Gasteiger partial charge in [-0.05, 0) is 45.1 Å². The summed E-state index contributed by atoms with van der Waals surface area (Å²) in [6, 6.07) is 46.3. The van der Waals surface area contributed by atoms with Crippen molar-refractivity contribution in [2.75, 3.05) is 0 Å². The van der Waals surface area contributed by atoms with Crippen LogP contribution in [0.4, 0.5) is 0 Å². The third kappa shape index (κ3) is 6.63. The molecule has 0 saturated heterocycles. The molecule has 0 bridgehead atoms. The van der Waals surface area contributed by atoms with Gasteiger partial charge in [-0.3, -0.25) is 0 Å². The molecule has 3 aromatic heterocycles. The van der Waals surface area contributed by atoms with Crippen molar-refractivity contribution in [2.45, 2.75) is 17.3 Å². The average molecular weight is 800 g/mol. The molecule has 0 amide bonds. The molecule has 0 atom stereocenters. The van der Waals surface area contributed by atoms with E-state index in [0.29, 0.717) is 0 Å². The van der Waals surface area contributed by atoms with E-state index in [2.05, 4.69) is 106 Å². The number of hydrogen-bond acceptors (Lipinski definition) is 3. The third-order valence-electron chi connectivity index (χ3n) is 7.07. The van der Waals surface area contributed by atoms with Gasteiger partial charge in [-0.15, -0.1) is 23.8 Å². The Bertz CT molecular complexity index is 1900. The molecule has 209 valence electrons. The quantitative estimate of drug-likeness (QED) is 0.131. The Labute approximate surface area is 268 Å². The van der Waals surface area contributed by atoms with Gasteiger partial charge in [0.2, 0.25) is 0 Å². The second kappa shape index (κ2) is 13.3. The summed E-state index contributed by atoms with van der Waals surface area (Å²) in [5, 5.41) is 2.57. The predicted octanol–water partition coefficient (Wildman–Crippen LogP) is 9.68. The van der Waals surface area contributed by atoms with Crippen LogP contribution in [0.1, 0.15) is 0 Å². The van der Waals surface area contributed by atoms with Crippen LogP contribution < -0.4 is 4.40 Å². The summed E-state index contributed by atoms with van der Waals surface area (Å²) in [5.74, 6) is 7.14. The molecule has 2 nitrogen and oxygen atoms in total. The molecule has 3 heterocycles. The van der Waals surface area contributed by atoms with Gasteiger partial charge in [-0.25, -0.2) is 0 Å². The van der Waals surface area contributed by atoms with Crippen molar-refractivity contribution < 1.29 is 20.1 Å². The van der Waals surface area contributed by atoms with E-state index in [1.807, 2.05) is 72.3 Å². The maximum absolute atomic E-state index is 4.53. The van der Waals surface area contributed by atoms with Gasteiger partial charge in [0.25, 0.3) is 0 Å². The van der Waals surface area contributed by atoms with E-state index < -0.39 is 13.3 Å². The van der Waals surface area contributed by atoms with Gasteiger partial charge in [0.05, 0.1) is 0 Å². The van der Waals surface area contributed by atoms with E-state index in [4.69, 9.17) is 0 Å². The molecule has 0 fully saturated rings. The molecule has 7 aromatic rings. The van der Waals surface area contributed by atoms with Crippen molar-refractivity contribution >= 4 is 49.2 Å². The zero-order valence-corrected chi connectivity index (χ0v) is 29.1. The van der Waals surface area contributed by atoms with Gasteiger partial charge < -0.3 is 4.98 Å². The van der Waals surface area contributed by atoms with Crippen LogP contribution in [0.25, 0.3) is 53.8 Å². The van der Waals surface area contributed by atoms with Crippen LogP contribution in [0.5, 0.6) is 0 Å². The summed E-state index contributed by atoms with van der Waals surface area (Å²) in [5.41, 5.74) is 6.63. The third-order valence-corrected chi connectivity index (χ3v) is 12.5. The molecule has 0 N–H and O–H groups in total. The van der Waals surface area contributed by atoms with Gasteiger partial charge in [-0.1, -0.05) is 53.9 Å². The SMILES string of the molecule is [CH3][Ge]([CH3])([CH3])[c]1ccc(-c2[c-]cccc2)nc1.[Ir].[c-]1ccc2c(sc3ccc(-c4ccccc4)cc32)c1-c1ccccn1. The minimum absolute atomic E-state index is 0. The van der Waals surface area contributed by atoms with E-state index in [-0.39, 0.29) is 20.1 Å². The largest absolute Gasteiger partial charge is 0.305 e. The summed E-state index contributed by atoms with van der Waals surface area (Å²) < 4.78 is 3.99. The van der Waals surface area contributed by atoms with E-state index in [9.17, 15) is 0 Å². The molecule has 42 heavy (non-hydrogen) atoms. The first-order valence-corrected chi connectivity index (χ1v) is 21.9. The van der Waals surface area contributed by atoms with Crippen molar-refractivity contribution in [3.63, 3.8) is 0 Å². The van der Waals surface area contributed by atoms with Crippen molar-refractivity contribution in [1.82, 2.24) is 9.97 Å². The van der Waals surface area contributed by atoms with Crippen LogP contribution in [0, 0.1) is 12.1 Å². The van der Waals surface area contributed by atoms with Crippen LogP contribution in [-0.4, -0.2) is 23.2 Å². The smallest absolute Gasteiger partial charge is 0.0240 e. The first-order chi connectivity index (χ1) is 20.0. The zero-order chi connectivity index (χ0) is 28.2. The molecule has 0 aliphatic rings. The number of pyridine rings is 2. The maximum atomic E-state index is 4.53. The summed E-state index contributed by atoms with van der Waals surface area (Å²) in [7, 11) is 0. The summed E-state index contributed by atoms with van der Waals surface area (Å²) in [4.78, 5) is 9.04. The van der Waals surface area contributed by atoms with Gasteiger partial charge in [-0.2, -0.15) is 11.3 Å². The first-order valence-electron chi connectivity index (χ1n) is 13.7. The summed E-state index contributed by atoms with van der Waals surface area (Å²) in [6.07, 6.45) is 3.87. The Morgan fingerprint density at radius 3 is 2.14 bits per heavy atom. The topological polar surface area (TPSA) is 25.8 Å². The maximum Gasteiger partial charge on any atom is 0.0240 e. The first kappa shape index (κ1) is 30.1. The number of thiophene rings is 1.